The van der Waals surface area contributed by atoms with Crippen molar-refractivity contribution in [2.45, 2.75) is 20.3 Å². The highest BCUT2D eigenvalue weighted by molar-refractivity contribution is 5.95. The molecule has 0 unspecified atom stereocenters. The molecule has 8 heteroatoms. The summed E-state index contributed by atoms with van der Waals surface area (Å²) in [5.74, 6) is 0.342. The van der Waals surface area contributed by atoms with Gasteiger partial charge < -0.3 is 9.88 Å². The van der Waals surface area contributed by atoms with E-state index in [2.05, 4.69) is 22.2 Å². The van der Waals surface area contributed by atoms with E-state index in [1.807, 2.05) is 12.3 Å². The van der Waals surface area contributed by atoms with Crippen LogP contribution < -0.4 is 5.32 Å². The van der Waals surface area contributed by atoms with Gasteiger partial charge in [-0.25, -0.2) is 19.0 Å². The number of amides is 3. The van der Waals surface area contributed by atoms with Crippen molar-refractivity contribution in [3.63, 3.8) is 0 Å². The molecule has 162 valence electrons. The Labute approximate surface area is 180 Å². The number of nitrogens with one attached hydrogen (secondary N) is 2. The quantitative estimate of drug-likeness (QED) is 0.622. The molecule has 3 amide bonds. The van der Waals surface area contributed by atoms with Gasteiger partial charge in [-0.15, -0.1) is 0 Å². The summed E-state index contributed by atoms with van der Waals surface area (Å²) >= 11 is 0. The van der Waals surface area contributed by atoms with Gasteiger partial charge in [0.1, 0.15) is 24.7 Å². The largest absolute Gasteiger partial charge is 0.360 e. The van der Waals surface area contributed by atoms with E-state index in [9.17, 15) is 14.0 Å². The minimum atomic E-state index is -0.288. The molecule has 2 N–H and O–H groups in total. The Balaban J connectivity index is 1.41. The van der Waals surface area contributed by atoms with Gasteiger partial charge in [-0.3, -0.25) is 9.80 Å². The van der Waals surface area contributed by atoms with Crippen LogP contribution >= 0.6 is 0 Å². The lowest BCUT2D eigenvalue weighted by Crippen LogP contribution is -2.63. The number of carbonyl (C=O) groups excluding carboxylic acids is 2. The Morgan fingerprint density at radius 1 is 1.23 bits per heavy atom. The summed E-state index contributed by atoms with van der Waals surface area (Å²) in [4.78, 5) is 34.0. The number of piperazine rings is 1. The molecule has 7 nitrogen and oxygen atoms in total. The van der Waals surface area contributed by atoms with Gasteiger partial charge >= 0.3 is 11.9 Å². The third-order valence-electron chi connectivity index (χ3n) is 6.16. The number of carbonyl (C=O) groups is 2. The number of H-pyrrole nitrogens is 1. The maximum atomic E-state index is 13.4. The van der Waals surface area contributed by atoms with Gasteiger partial charge in [-0.05, 0) is 36.8 Å². The highest BCUT2D eigenvalue weighted by atomic mass is 19.1. The average molecular weight is 425 g/mol. The van der Waals surface area contributed by atoms with Crippen molar-refractivity contribution in [3.8, 4) is 11.1 Å². The summed E-state index contributed by atoms with van der Waals surface area (Å²) < 4.78 is 13.8. The maximum Gasteiger partial charge on any atom is 0.323 e. The molecule has 1 fully saturated rings. The van der Waals surface area contributed by atoms with Crippen molar-refractivity contribution in [2.24, 2.45) is 0 Å². The summed E-state index contributed by atoms with van der Waals surface area (Å²) in [6, 6.07) is 8.05. The van der Waals surface area contributed by atoms with Gasteiger partial charge in [0.25, 0.3) is 0 Å². The molecule has 1 saturated heterocycles. The van der Waals surface area contributed by atoms with Crippen LogP contribution in [0.1, 0.15) is 20.3 Å². The van der Waals surface area contributed by atoms with Gasteiger partial charge in [0.05, 0.1) is 26.6 Å². The topological polar surface area (TPSA) is 78.1 Å². The Morgan fingerprint density at radius 3 is 2.65 bits per heavy atom. The molecular formula is C23H27FN5O2+. The second-order valence-electron chi connectivity index (χ2n) is 8.08. The van der Waals surface area contributed by atoms with Crippen LogP contribution in [0.3, 0.4) is 0 Å². The van der Waals surface area contributed by atoms with Crippen LogP contribution in [0.4, 0.5) is 15.0 Å². The van der Waals surface area contributed by atoms with Crippen molar-refractivity contribution >= 4 is 28.7 Å². The number of pyridine rings is 1. The molecule has 3 heterocycles. The number of aromatic nitrogens is 2. The van der Waals surface area contributed by atoms with E-state index < -0.39 is 0 Å². The zero-order chi connectivity index (χ0) is 22.0. The smallest absolute Gasteiger partial charge is 0.323 e. The molecular weight excluding hydrogens is 397 g/mol. The summed E-state index contributed by atoms with van der Waals surface area (Å²) in [6.07, 6.45) is 4.45. The Bertz CT molecular complexity index is 1100. The highest BCUT2D eigenvalue weighted by Crippen LogP contribution is 2.29. The Kier molecular flexibility index (Phi) is 5.73. The van der Waals surface area contributed by atoms with Gasteiger partial charge in [0.2, 0.25) is 0 Å². The van der Waals surface area contributed by atoms with Crippen molar-refractivity contribution < 1.29 is 18.5 Å². The maximum absolute atomic E-state index is 13.4. The second-order valence-corrected chi connectivity index (χ2v) is 8.08. The number of benzene rings is 1. The first-order valence-electron chi connectivity index (χ1n) is 10.6. The summed E-state index contributed by atoms with van der Waals surface area (Å²) in [6.45, 7) is 6.89. The van der Waals surface area contributed by atoms with Crippen LogP contribution in [0.2, 0.25) is 0 Å². The lowest BCUT2D eigenvalue weighted by atomic mass is 10.1. The highest BCUT2D eigenvalue weighted by Gasteiger charge is 2.38. The summed E-state index contributed by atoms with van der Waals surface area (Å²) in [7, 11) is 0. The standard InChI is InChI=1S/C23H26FN5O2/c1-3-10-29(16(2)30)11-8-28(9-12-29)23(31)27-22-7-4-17(14-26-22)20-15-25-21-13-18(24)5-6-19(20)21/h4-7,13-15,25H,3,8-12H2,1-2H3/p+1. The predicted octanol–water partition coefficient (Wildman–Crippen LogP) is 3.99. The van der Waals surface area contributed by atoms with Gasteiger partial charge in [-0.2, -0.15) is 0 Å². The molecule has 0 bridgehead atoms. The molecule has 2 aromatic heterocycles. The predicted molar refractivity (Wildman–Crippen MR) is 118 cm³/mol. The Morgan fingerprint density at radius 2 is 2.00 bits per heavy atom. The van der Waals surface area contributed by atoms with E-state index in [0.717, 1.165) is 35.0 Å². The zero-order valence-corrected chi connectivity index (χ0v) is 17.8. The normalized spacial score (nSPS) is 15.8. The van der Waals surface area contributed by atoms with Crippen LogP contribution in [-0.2, 0) is 4.79 Å². The van der Waals surface area contributed by atoms with Crippen molar-refractivity contribution in [2.75, 3.05) is 38.0 Å². The van der Waals surface area contributed by atoms with Crippen LogP contribution in [0.15, 0.2) is 42.7 Å². The third kappa shape index (κ3) is 4.16. The van der Waals surface area contributed by atoms with Crippen LogP contribution in [-0.4, -0.2) is 64.0 Å². The first-order chi connectivity index (χ1) is 14.9. The first-order valence-corrected chi connectivity index (χ1v) is 10.6. The minimum absolute atomic E-state index is 0.166. The fourth-order valence-corrected chi connectivity index (χ4v) is 4.33. The number of fused-ring (bicyclic) bond motifs is 1. The van der Waals surface area contributed by atoms with E-state index >= 15 is 0 Å². The monoisotopic (exact) mass is 424 g/mol. The van der Waals surface area contributed by atoms with E-state index in [1.54, 1.807) is 30.2 Å². The van der Waals surface area contributed by atoms with E-state index in [0.29, 0.717) is 36.5 Å². The van der Waals surface area contributed by atoms with Crippen molar-refractivity contribution in [3.05, 3.63) is 48.5 Å². The third-order valence-corrected chi connectivity index (χ3v) is 6.16. The lowest BCUT2D eigenvalue weighted by molar-refractivity contribution is -0.858. The van der Waals surface area contributed by atoms with Crippen molar-refractivity contribution in [1.29, 1.82) is 0 Å². The number of rotatable bonds is 4. The molecule has 0 aliphatic carbocycles. The van der Waals surface area contributed by atoms with E-state index in [-0.39, 0.29) is 17.8 Å². The lowest BCUT2D eigenvalue weighted by Gasteiger charge is -2.41. The fourth-order valence-electron chi connectivity index (χ4n) is 4.33. The van der Waals surface area contributed by atoms with E-state index in [4.69, 9.17) is 0 Å². The van der Waals surface area contributed by atoms with Crippen LogP contribution in [0.5, 0.6) is 0 Å². The Hall–Kier alpha value is -3.26. The molecule has 0 saturated carbocycles. The van der Waals surface area contributed by atoms with Crippen LogP contribution in [0, 0.1) is 5.82 Å². The molecule has 1 aliphatic rings. The SMILES string of the molecule is CCC[N+]1(C(C)=O)CCN(C(=O)Nc2ccc(-c3c[nH]c4cc(F)ccc34)cn2)CC1. The first kappa shape index (κ1) is 21.0. The van der Waals surface area contributed by atoms with E-state index in [1.165, 1.54) is 12.1 Å². The average Bonchev–Trinajstić information content (AvgIpc) is 3.18. The zero-order valence-electron chi connectivity index (χ0n) is 17.8. The fraction of sp³-hybridized carbons (Fsp3) is 0.348. The van der Waals surface area contributed by atoms with Crippen molar-refractivity contribution in [1.82, 2.24) is 14.9 Å². The molecule has 0 atom stereocenters. The molecule has 0 radical (unpaired) electrons. The molecule has 31 heavy (non-hydrogen) atoms. The van der Waals surface area contributed by atoms with Crippen LogP contribution in [0.25, 0.3) is 22.0 Å². The number of hydrogen-bond acceptors (Lipinski definition) is 3. The number of urea groups is 1. The van der Waals surface area contributed by atoms with Gasteiger partial charge in [0, 0.05) is 34.4 Å². The minimum Gasteiger partial charge on any atom is -0.360 e. The number of nitrogens with zero attached hydrogens (tertiary/aromatic N) is 3. The summed E-state index contributed by atoms with van der Waals surface area (Å²) in [5.41, 5.74) is 2.52. The molecule has 4 rings (SSSR count). The molecule has 0 spiro atoms. The number of anilines is 1. The van der Waals surface area contributed by atoms with Gasteiger partial charge in [-0.1, -0.05) is 6.92 Å². The number of halogens is 1. The molecule has 1 aromatic carbocycles. The second kappa shape index (κ2) is 8.47. The number of hydrogen-bond donors (Lipinski definition) is 2. The summed E-state index contributed by atoms with van der Waals surface area (Å²) in [5, 5.41) is 3.75. The molecule has 1 aliphatic heterocycles. The number of quaternary nitrogens is 1. The van der Waals surface area contributed by atoms with Gasteiger partial charge in [0.15, 0.2) is 0 Å². The molecule has 3 aromatic rings. The number of aromatic amines is 1.